The topological polar surface area (TPSA) is 77.1 Å². The molecule has 1 aromatic heterocycles. The summed E-state index contributed by atoms with van der Waals surface area (Å²) in [6.45, 7) is 3.22. The van der Waals surface area contributed by atoms with Gasteiger partial charge in [0.15, 0.2) is 0 Å². The van der Waals surface area contributed by atoms with E-state index in [1.54, 1.807) is 12.3 Å². The predicted molar refractivity (Wildman–Crippen MR) is 84.4 cm³/mol. The van der Waals surface area contributed by atoms with E-state index in [2.05, 4.69) is 11.6 Å². The number of nitrogens with zero attached hydrogens (tertiary/aromatic N) is 1. The van der Waals surface area contributed by atoms with Crippen molar-refractivity contribution < 1.29 is 8.42 Å². The quantitative estimate of drug-likeness (QED) is 0.791. The molecule has 0 amide bonds. The normalized spacial score (nSPS) is 17.8. The molecule has 0 aliphatic heterocycles. The second-order valence-electron chi connectivity index (χ2n) is 5.87. The molecule has 0 atom stereocenters. The van der Waals surface area contributed by atoms with Crippen LogP contribution in [0.25, 0.3) is 0 Å². The summed E-state index contributed by atoms with van der Waals surface area (Å²) < 4.78 is 29.9. The van der Waals surface area contributed by atoms with Crippen LogP contribution in [0.5, 0.6) is 0 Å². The molecule has 2 rings (SSSR count). The second kappa shape index (κ2) is 7.42. The van der Waals surface area contributed by atoms with E-state index in [-0.39, 0.29) is 6.04 Å². The molecular weight excluding hydrogens is 286 g/mol. The molecule has 1 heterocycles. The third kappa shape index (κ3) is 4.31. The number of aryl methyl sites for hydroxylation is 1. The van der Waals surface area contributed by atoms with Gasteiger partial charge < -0.3 is 10.3 Å². The van der Waals surface area contributed by atoms with Crippen LogP contribution in [0, 0.1) is 0 Å². The van der Waals surface area contributed by atoms with Crippen molar-refractivity contribution in [3.8, 4) is 0 Å². The van der Waals surface area contributed by atoms with Gasteiger partial charge in [0.1, 0.15) is 0 Å². The van der Waals surface area contributed by atoms with Gasteiger partial charge in [-0.3, -0.25) is 0 Å². The highest BCUT2D eigenvalue weighted by molar-refractivity contribution is 7.89. The molecule has 1 saturated carbocycles. The molecule has 1 aliphatic carbocycles. The summed E-state index contributed by atoms with van der Waals surface area (Å²) in [7, 11) is -3.43. The Morgan fingerprint density at radius 2 is 1.95 bits per heavy atom. The number of sulfonamides is 1. The molecule has 1 aliphatic rings. The van der Waals surface area contributed by atoms with Gasteiger partial charge in [-0.15, -0.1) is 0 Å². The summed E-state index contributed by atoms with van der Waals surface area (Å²) in [4.78, 5) is 0.348. The Morgan fingerprint density at radius 1 is 1.29 bits per heavy atom. The van der Waals surface area contributed by atoms with Crippen LogP contribution in [0.3, 0.4) is 0 Å². The summed E-state index contributed by atoms with van der Waals surface area (Å²) in [5.74, 6) is 0. The third-order valence-electron chi connectivity index (χ3n) is 4.12. The maximum absolute atomic E-state index is 12.5. The summed E-state index contributed by atoms with van der Waals surface area (Å²) in [5.41, 5.74) is 6.58. The molecule has 21 heavy (non-hydrogen) atoms. The maximum Gasteiger partial charge on any atom is 0.242 e. The molecule has 120 valence electrons. The molecule has 0 saturated heterocycles. The number of hydrogen-bond acceptors (Lipinski definition) is 3. The van der Waals surface area contributed by atoms with Gasteiger partial charge >= 0.3 is 0 Å². The predicted octanol–water partition coefficient (Wildman–Crippen LogP) is 2.36. The highest BCUT2D eigenvalue weighted by Crippen LogP contribution is 2.21. The first-order valence-electron chi connectivity index (χ1n) is 7.98. The zero-order valence-electron chi connectivity index (χ0n) is 12.8. The van der Waals surface area contributed by atoms with E-state index in [1.165, 1.54) is 12.8 Å². The minimum atomic E-state index is -3.43. The first-order chi connectivity index (χ1) is 10.1. The van der Waals surface area contributed by atoms with Gasteiger partial charge in [-0.2, -0.15) is 0 Å². The van der Waals surface area contributed by atoms with E-state index >= 15 is 0 Å². The molecule has 6 heteroatoms. The van der Waals surface area contributed by atoms with Crippen molar-refractivity contribution in [3.05, 3.63) is 18.0 Å². The van der Waals surface area contributed by atoms with Crippen LogP contribution < -0.4 is 10.5 Å². The zero-order valence-corrected chi connectivity index (χ0v) is 13.7. The van der Waals surface area contributed by atoms with E-state index < -0.39 is 10.0 Å². The largest absolute Gasteiger partial charge is 0.349 e. The number of hydrogen-bond donors (Lipinski definition) is 2. The smallest absolute Gasteiger partial charge is 0.242 e. The lowest BCUT2D eigenvalue weighted by atomic mass is 10.1. The first kappa shape index (κ1) is 16.5. The van der Waals surface area contributed by atoms with Crippen LogP contribution >= 0.6 is 0 Å². The van der Waals surface area contributed by atoms with E-state index in [9.17, 15) is 8.42 Å². The number of nitrogens with one attached hydrogen (secondary N) is 1. The summed E-state index contributed by atoms with van der Waals surface area (Å²) in [6.07, 6.45) is 9.19. The van der Waals surface area contributed by atoms with Crippen LogP contribution in [-0.4, -0.2) is 19.0 Å². The number of rotatable bonds is 6. The molecule has 0 radical (unpaired) electrons. The van der Waals surface area contributed by atoms with Gasteiger partial charge in [0.25, 0.3) is 0 Å². The fraction of sp³-hybridized carbons (Fsp3) is 0.733. The lowest BCUT2D eigenvalue weighted by Gasteiger charge is -2.15. The van der Waals surface area contributed by atoms with Gasteiger partial charge in [-0.05, 0) is 25.3 Å². The standard InChI is InChI=1S/C15H27N3O2S/c1-2-9-18-12-15(10-14(18)11-16)21(19,20)17-13-7-5-3-4-6-8-13/h10,12-13,17H,2-9,11,16H2,1H3. The Morgan fingerprint density at radius 3 is 2.52 bits per heavy atom. The highest BCUT2D eigenvalue weighted by Gasteiger charge is 2.23. The van der Waals surface area contributed by atoms with E-state index in [1.807, 2.05) is 4.57 Å². The molecule has 0 unspecified atom stereocenters. The Balaban J connectivity index is 2.14. The van der Waals surface area contributed by atoms with Crippen molar-refractivity contribution in [2.75, 3.05) is 0 Å². The molecule has 0 aromatic carbocycles. The lowest BCUT2D eigenvalue weighted by molar-refractivity contribution is 0.509. The van der Waals surface area contributed by atoms with Crippen molar-refractivity contribution in [1.82, 2.24) is 9.29 Å². The van der Waals surface area contributed by atoms with Crippen LogP contribution in [-0.2, 0) is 23.1 Å². The molecule has 1 aromatic rings. The van der Waals surface area contributed by atoms with E-state index in [4.69, 9.17) is 5.73 Å². The Bertz CT molecular complexity index is 543. The Hall–Kier alpha value is -0.850. The van der Waals surface area contributed by atoms with E-state index in [0.717, 1.165) is 44.3 Å². The first-order valence-corrected chi connectivity index (χ1v) is 9.46. The summed E-state index contributed by atoms with van der Waals surface area (Å²) in [5, 5.41) is 0. The summed E-state index contributed by atoms with van der Waals surface area (Å²) >= 11 is 0. The fourth-order valence-corrected chi connectivity index (χ4v) is 4.35. The van der Waals surface area contributed by atoms with Crippen molar-refractivity contribution >= 4 is 10.0 Å². The van der Waals surface area contributed by atoms with Crippen LogP contribution in [0.4, 0.5) is 0 Å². The monoisotopic (exact) mass is 313 g/mol. The van der Waals surface area contributed by atoms with Crippen LogP contribution in [0.2, 0.25) is 0 Å². The van der Waals surface area contributed by atoms with E-state index in [0.29, 0.717) is 11.4 Å². The third-order valence-corrected chi connectivity index (χ3v) is 5.61. The number of aromatic nitrogens is 1. The average molecular weight is 313 g/mol. The average Bonchev–Trinajstić information content (AvgIpc) is 2.70. The SMILES string of the molecule is CCCn1cc(S(=O)(=O)NC2CCCCCC2)cc1CN. The number of nitrogens with two attached hydrogens (primary N) is 1. The molecule has 0 bridgehead atoms. The minimum absolute atomic E-state index is 0.0772. The van der Waals surface area contributed by atoms with Gasteiger partial charge in [0.2, 0.25) is 10.0 Å². The maximum atomic E-state index is 12.5. The Labute approximate surface area is 128 Å². The Kier molecular flexibility index (Phi) is 5.84. The molecular formula is C15H27N3O2S. The van der Waals surface area contributed by atoms with Crippen molar-refractivity contribution in [2.24, 2.45) is 5.73 Å². The van der Waals surface area contributed by atoms with Gasteiger partial charge in [-0.1, -0.05) is 32.6 Å². The highest BCUT2D eigenvalue weighted by atomic mass is 32.2. The summed E-state index contributed by atoms with van der Waals surface area (Å²) in [6, 6.07) is 1.78. The molecule has 5 nitrogen and oxygen atoms in total. The second-order valence-corrected chi connectivity index (χ2v) is 7.59. The van der Waals surface area contributed by atoms with Gasteiger partial charge in [0.05, 0.1) is 4.90 Å². The van der Waals surface area contributed by atoms with Crippen LogP contribution in [0.15, 0.2) is 17.2 Å². The molecule has 3 N–H and O–H groups in total. The zero-order chi connectivity index (χ0) is 15.3. The molecule has 1 fully saturated rings. The fourth-order valence-electron chi connectivity index (χ4n) is 2.98. The minimum Gasteiger partial charge on any atom is -0.349 e. The van der Waals surface area contributed by atoms with Gasteiger partial charge in [-0.25, -0.2) is 13.1 Å². The van der Waals surface area contributed by atoms with Gasteiger partial charge in [0, 0.05) is 31.0 Å². The van der Waals surface area contributed by atoms with Crippen molar-refractivity contribution in [1.29, 1.82) is 0 Å². The molecule has 0 spiro atoms. The van der Waals surface area contributed by atoms with Crippen molar-refractivity contribution in [3.63, 3.8) is 0 Å². The lowest BCUT2D eigenvalue weighted by Crippen LogP contribution is -2.34. The van der Waals surface area contributed by atoms with Crippen molar-refractivity contribution in [2.45, 2.75) is 75.9 Å². The van der Waals surface area contributed by atoms with Crippen LogP contribution in [0.1, 0.15) is 57.6 Å².